The first-order valence-corrected chi connectivity index (χ1v) is 11.2. The van der Waals surface area contributed by atoms with Gasteiger partial charge in [-0.3, -0.25) is 5.10 Å². The molecule has 1 aromatic carbocycles. The molecule has 6 rings (SSSR count). The minimum absolute atomic E-state index is 0.0649. The van der Waals surface area contributed by atoms with Crippen LogP contribution in [0.5, 0.6) is 0 Å². The van der Waals surface area contributed by atoms with Crippen LogP contribution in [0.15, 0.2) is 36.8 Å². The highest BCUT2D eigenvalue weighted by Crippen LogP contribution is 2.40. The van der Waals surface area contributed by atoms with Gasteiger partial charge in [0.05, 0.1) is 28.6 Å². The number of nitrogens with one attached hydrogen (secondary N) is 2. The van der Waals surface area contributed by atoms with Gasteiger partial charge in [0.15, 0.2) is 0 Å². The van der Waals surface area contributed by atoms with Crippen molar-refractivity contribution in [3.8, 4) is 11.3 Å². The number of aromatic amines is 1. The molecular formula is C23H26N8O. The summed E-state index contributed by atoms with van der Waals surface area (Å²) in [6.07, 6.45) is 9.44. The first kappa shape index (κ1) is 19.2. The van der Waals surface area contributed by atoms with E-state index in [9.17, 15) is 0 Å². The number of ether oxygens (including phenoxy) is 1. The molecule has 1 saturated heterocycles. The average Bonchev–Trinajstić information content (AvgIpc) is 3.39. The highest BCUT2D eigenvalue weighted by Gasteiger charge is 2.26. The zero-order chi connectivity index (χ0) is 21.5. The lowest BCUT2D eigenvalue weighted by atomic mass is 10.1. The van der Waals surface area contributed by atoms with Crippen LogP contribution in [0.25, 0.3) is 22.3 Å². The summed E-state index contributed by atoms with van der Waals surface area (Å²) < 4.78 is 8.08. The molecule has 4 N–H and O–H groups in total. The summed E-state index contributed by atoms with van der Waals surface area (Å²) in [5.41, 5.74) is 12.0. The number of nitrogens with two attached hydrogens (primary N) is 1. The molecule has 0 amide bonds. The molecule has 32 heavy (non-hydrogen) atoms. The summed E-state index contributed by atoms with van der Waals surface area (Å²) in [7, 11) is 0. The van der Waals surface area contributed by atoms with E-state index in [4.69, 9.17) is 10.5 Å². The Bertz CT molecular complexity index is 1250. The van der Waals surface area contributed by atoms with E-state index in [2.05, 4.69) is 47.2 Å². The maximum atomic E-state index is 6.23. The van der Waals surface area contributed by atoms with Gasteiger partial charge in [0.2, 0.25) is 5.95 Å². The molecule has 2 aliphatic rings. The SMILES string of the molecule is Nc1nc(NCc2cccc3c2ncn3C2CCCCO2)ncc1-c1cc(C2CC2)[nH]n1. The van der Waals surface area contributed by atoms with Crippen LogP contribution in [-0.4, -0.2) is 36.3 Å². The number of fused-ring (bicyclic) bond motifs is 1. The van der Waals surface area contributed by atoms with Crippen LogP contribution in [-0.2, 0) is 11.3 Å². The van der Waals surface area contributed by atoms with Crippen molar-refractivity contribution in [1.82, 2.24) is 29.7 Å². The van der Waals surface area contributed by atoms with Gasteiger partial charge in [0, 0.05) is 31.0 Å². The van der Waals surface area contributed by atoms with Crippen molar-refractivity contribution < 1.29 is 4.74 Å². The lowest BCUT2D eigenvalue weighted by Crippen LogP contribution is -2.17. The molecule has 164 valence electrons. The first-order chi connectivity index (χ1) is 15.8. The molecule has 1 atom stereocenters. The van der Waals surface area contributed by atoms with E-state index in [0.717, 1.165) is 53.0 Å². The van der Waals surface area contributed by atoms with Crippen molar-refractivity contribution >= 4 is 22.8 Å². The van der Waals surface area contributed by atoms with Gasteiger partial charge in [-0.1, -0.05) is 12.1 Å². The number of hydrogen-bond acceptors (Lipinski definition) is 7. The summed E-state index contributed by atoms with van der Waals surface area (Å²) in [5.74, 6) is 1.50. The lowest BCUT2D eigenvalue weighted by molar-refractivity contribution is -0.0295. The van der Waals surface area contributed by atoms with Gasteiger partial charge in [0.25, 0.3) is 0 Å². The molecular weight excluding hydrogens is 404 g/mol. The normalized spacial score (nSPS) is 18.8. The van der Waals surface area contributed by atoms with Gasteiger partial charge in [0.1, 0.15) is 12.0 Å². The molecule has 4 aromatic rings. The summed E-state index contributed by atoms with van der Waals surface area (Å²) in [6.45, 7) is 1.35. The van der Waals surface area contributed by atoms with Crippen molar-refractivity contribution in [2.75, 3.05) is 17.7 Å². The Morgan fingerprint density at radius 2 is 2.12 bits per heavy atom. The maximum absolute atomic E-state index is 6.23. The average molecular weight is 431 g/mol. The maximum Gasteiger partial charge on any atom is 0.224 e. The van der Waals surface area contributed by atoms with E-state index < -0.39 is 0 Å². The Morgan fingerprint density at radius 1 is 1.19 bits per heavy atom. The summed E-state index contributed by atoms with van der Waals surface area (Å²) in [6, 6.07) is 8.25. The van der Waals surface area contributed by atoms with Crippen LogP contribution in [0.4, 0.5) is 11.8 Å². The fourth-order valence-corrected chi connectivity index (χ4v) is 4.36. The number of benzene rings is 1. The number of aromatic nitrogens is 6. The Morgan fingerprint density at radius 3 is 2.94 bits per heavy atom. The minimum Gasteiger partial charge on any atom is -0.383 e. The van der Waals surface area contributed by atoms with E-state index in [1.54, 1.807) is 6.20 Å². The van der Waals surface area contributed by atoms with Gasteiger partial charge >= 0.3 is 0 Å². The van der Waals surface area contributed by atoms with E-state index in [-0.39, 0.29) is 6.23 Å². The van der Waals surface area contributed by atoms with Gasteiger partial charge in [-0.2, -0.15) is 10.1 Å². The number of nitrogens with zero attached hydrogens (tertiary/aromatic N) is 5. The molecule has 4 heterocycles. The number of nitrogen functional groups attached to an aromatic ring is 1. The van der Waals surface area contributed by atoms with Gasteiger partial charge in [-0.25, -0.2) is 9.97 Å². The number of hydrogen-bond donors (Lipinski definition) is 3. The van der Waals surface area contributed by atoms with Crippen molar-refractivity contribution in [1.29, 1.82) is 0 Å². The predicted octanol–water partition coefficient (Wildman–Crippen LogP) is 3.99. The van der Waals surface area contributed by atoms with E-state index >= 15 is 0 Å². The number of rotatable bonds is 6. The number of para-hydroxylation sites is 1. The van der Waals surface area contributed by atoms with Crippen LogP contribution >= 0.6 is 0 Å². The Labute approximate surface area is 185 Å². The third kappa shape index (κ3) is 3.58. The third-order valence-corrected chi connectivity index (χ3v) is 6.30. The third-order valence-electron chi connectivity index (χ3n) is 6.30. The standard InChI is InChI=1S/C23H26N8O/c24-22-16(18-10-17(29-30-18)14-7-8-14)12-26-23(28-22)25-11-15-4-3-5-19-21(15)27-13-31(19)20-6-1-2-9-32-20/h3-5,10,12-14,20H,1-2,6-9,11H2,(H,29,30)(H3,24,25,26,28). The van der Waals surface area contributed by atoms with Crippen molar-refractivity contribution in [2.24, 2.45) is 0 Å². The zero-order valence-corrected chi connectivity index (χ0v) is 17.8. The van der Waals surface area contributed by atoms with Crippen LogP contribution < -0.4 is 11.1 Å². The van der Waals surface area contributed by atoms with E-state index in [1.807, 2.05) is 18.5 Å². The van der Waals surface area contributed by atoms with Crippen molar-refractivity contribution in [2.45, 2.75) is 50.8 Å². The highest BCUT2D eigenvalue weighted by molar-refractivity contribution is 5.79. The highest BCUT2D eigenvalue weighted by atomic mass is 16.5. The second-order valence-electron chi connectivity index (χ2n) is 8.59. The van der Waals surface area contributed by atoms with Crippen LogP contribution in [0.1, 0.15) is 55.5 Å². The van der Waals surface area contributed by atoms with Crippen LogP contribution in [0, 0.1) is 0 Å². The first-order valence-electron chi connectivity index (χ1n) is 11.2. The molecule has 1 unspecified atom stereocenters. The number of H-pyrrole nitrogens is 1. The van der Waals surface area contributed by atoms with Gasteiger partial charge in [-0.05, 0) is 49.8 Å². The molecule has 1 aliphatic heterocycles. The fraction of sp³-hybridized carbons (Fsp3) is 0.391. The molecule has 0 radical (unpaired) electrons. The largest absolute Gasteiger partial charge is 0.383 e. The molecule has 9 nitrogen and oxygen atoms in total. The monoisotopic (exact) mass is 430 g/mol. The van der Waals surface area contributed by atoms with Gasteiger partial charge in [-0.15, -0.1) is 0 Å². The van der Waals surface area contributed by atoms with Crippen LogP contribution in [0.2, 0.25) is 0 Å². The topological polar surface area (TPSA) is 120 Å². The fourth-order valence-electron chi connectivity index (χ4n) is 4.36. The quantitative estimate of drug-likeness (QED) is 0.423. The lowest BCUT2D eigenvalue weighted by Gasteiger charge is -2.24. The second kappa shape index (κ2) is 7.90. The van der Waals surface area contributed by atoms with E-state index in [1.165, 1.54) is 19.3 Å². The van der Waals surface area contributed by atoms with Gasteiger partial charge < -0.3 is 20.4 Å². The molecule has 1 saturated carbocycles. The summed E-state index contributed by atoms with van der Waals surface area (Å²) in [5, 5.41) is 10.8. The molecule has 0 bridgehead atoms. The molecule has 9 heteroatoms. The molecule has 2 fully saturated rings. The zero-order valence-electron chi connectivity index (χ0n) is 17.8. The second-order valence-corrected chi connectivity index (χ2v) is 8.59. The number of anilines is 2. The molecule has 3 aromatic heterocycles. The number of imidazole rings is 1. The Balaban J connectivity index is 1.19. The molecule has 0 spiro atoms. The smallest absolute Gasteiger partial charge is 0.224 e. The minimum atomic E-state index is 0.0649. The Kier molecular flexibility index (Phi) is 4.75. The Hall–Kier alpha value is -3.46. The summed E-state index contributed by atoms with van der Waals surface area (Å²) >= 11 is 0. The molecule has 1 aliphatic carbocycles. The predicted molar refractivity (Wildman–Crippen MR) is 122 cm³/mol. The van der Waals surface area contributed by atoms with E-state index in [0.29, 0.717) is 24.2 Å². The van der Waals surface area contributed by atoms with Crippen molar-refractivity contribution in [3.63, 3.8) is 0 Å². The van der Waals surface area contributed by atoms with Crippen LogP contribution in [0.3, 0.4) is 0 Å². The van der Waals surface area contributed by atoms with Crippen molar-refractivity contribution in [3.05, 3.63) is 48.0 Å². The summed E-state index contributed by atoms with van der Waals surface area (Å²) in [4.78, 5) is 13.6.